The molecule has 104 valence electrons. The lowest BCUT2D eigenvalue weighted by molar-refractivity contribution is -0.305. The molecule has 2 rings (SSSR count). The predicted molar refractivity (Wildman–Crippen MR) is 70.6 cm³/mol. The molecule has 1 heterocycles. The molecule has 0 bridgehead atoms. The van der Waals surface area contributed by atoms with Crippen LogP contribution in [0.5, 0.6) is 0 Å². The number of amides is 1. The van der Waals surface area contributed by atoms with E-state index in [1.807, 2.05) is 0 Å². The molecule has 1 atom stereocenters. The second-order valence-corrected chi connectivity index (χ2v) is 5.06. The van der Waals surface area contributed by atoms with Gasteiger partial charge in [-0.1, -0.05) is 23.9 Å². The molecule has 0 spiro atoms. The Balaban J connectivity index is 1.97. The fourth-order valence-electron chi connectivity index (χ4n) is 1.43. The first-order valence-corrected chi connectivity index (χ1v) is 6.46. The number of carbonyl (C=O) groups is 2. The maximum Gasteiger partial charge on any atom is 0.239 e. The number of carboxylic acids is 1. The zero-order valence-corrected chi connectivity index (χ0v) is 10.9. The van der Waals surface area contributed by atoms with Gasteiger partial charge in [0.1, 0.15) is 5.82 Å². The van der Waals surface area contributed by atoms with E-state index in [0.29, 0.717) is 5.56 Å². The highest BCUT2D eigenvalue weighted by molar-refractivity contribution is 8.15. The van der Waals surface area contributed by atoms with Crippen LogP contribution in [0.15, 0.2) is 34.5 Å². The minimum absolute atomic E-state index is 0.222. The van der Waals surface area contributed by atoms with E-state index in [-0.39, 0.29) is 17.4 Å². The van der Waals surface area contributed by atoms with Gasteiger partial charge in [-0.3, -0.25) is 4.79 Å². The minimum atomic E-state index is -1.30. The van der Waals surface area contributed by atoms with Gasteiger partial charge in [-0.05, 0) is 17.7 Å². The molecule has 8 heteroatoms. The molecule has 6 nitrogen and oxygen atoms in total. The van der Waals surface area contributed by atoms with Gasteiger partial charge in [0.2, 0.25) is 5.91 Å². The number of hydrogen-bond donors (Lipinski definition) is 1. The normalized spacial score (nSPS) is 20.6. The summed E-state index contributed by atoms with van der Waals surface area (Å²) < 4.78 is 12.7. The lowest BCUT2D eigenvalue weighted by Gasteiger charge is -2.04. The molecule has 0 aromatic heterocycles. The summed E-state index contributed by atoms with van der Waals surface area (Å²) in [5.41, 5.74) is 0.649. The second kappa shape index (κ2) is 6.29. The maximum absolute atomic E-state index is 12.7. The van der Waals surface area contributed by atoms with Crippen LogP contribution in [0.25, 0.3) is 0 Å². The number of amidine groups is 1. The van der Waals surface area contributed by atoms with Crippen molar-refractivity contribution in [3.05, 3.63) is 35.6 Å². The van der Waals surface area contributed by atoms with E-state index >= 15 is 0 Å². The number of rotatable bonds is 4. The number of thioether (sulfide) groups is 1. The van der Waals surface area contributed by atoms with Gasteiger partial charge in [-0.25, -0.2) is 4.39 Å². The topological polar surface area (TPSA) is 93.9 Å². The van der Waals surface area contributed by atoms with E-state index < -0.39 is 17.1 Å². The van der Waals surface area contributed by atoms with Gasteiger partial charge in [0, 0.05) is 12.4 Å². The van der Waals surface area contributed by atoms with Crippen molar-refractivity contribution in [1.29, 1.82) is 0 Å². The number of carbonyl (C=O) groups excluding carboxylic acids is 2. The average molecular weight is 294 g/mol. The summed E-state index contributed by atoms with van der Waals surface area (Å²) in [6, 6.07) is 5.63. The van der Waals surface area contributed by atoms with Gasteiger partial charge in [0.05, 0.1) is 11.5 Å². The highest BCUT2D eigenvalue weighted by Gasteiger charge is 2.30. The van der Waals surface area contributed by atoms with E-state index in [0.717, 1.165) is 11.8 Å². The van der Waals surface area contributed by atoms with Crippen LogP contribution in [-0.4, -0.2) is 28.5 Å². The van der Waals surface area contributed by atoms with Gasteiger partial charge in [-0.15, -0.1) is 5.10 Å². The van der Waals surface area contributed by atoms with Crippen LogP contribution in [-0.2, 0) is 9.59 Å². The van der Waals surface area contributed by atoms with Gasteiger partial charge >= 0.3 is 0 Å². The van der Waals surface area contributed by atoms with Gasteiger partial charge in [0.15, 0.2) is 5.17 Å². The average Bonchev–Trinajstić information content (AvgIpc) is 2.72. The number of aliphatic carboxylic acids is 1. The Hall–Kier alpha value is -2.22. The fraction of sp³-hybridized carbons (Fsp3) is 0.167. The van der Waals surface area contributed by atoms with Crippen molar-refractivity contribution in [3.8, 4) is 0 Å². The summed E-state index contributed by atoms with van der Waals surface area (Å²) in [7, 11) is 0. The standard InChI is InChI=1S/C12H10FN3O3S/c13-8-3-1-7(2-4-8)6-14-16-12-15-11(19)9(20-12)5-10(17)18/h1-4,6,9H,5H2,(H,17,18)(H,15,16,19)/p-1/b14-6-/t9-/m1/s1. The molecule has 1 aromatic carbocycles. The van der Waals surface area contributed by atoms with Crippen LogP contribution in [0.3, 0.4) is 0 Å². The molecule has 20 heavy (non-hydrogen) atoms. The van der Waals surface area contributed by atoms with Crippen molar-refractivity contribution in [1.82, 2.24) is 5.32 Å². The minimum Gasteiger partial charge on any atom is -0.550 e. The number of halogens is 1. The van der Waals surface area contributed by atoms with Crippen LogP contribution in [0.2, 0.25) is 0 Å². The van der Waals surface area contributed by atoms with Gasteiger partial charge < -0.3 is 15.2 Å². The highest BCUT2D eigenvalue weighted by Crippen LogP contribution is 2.21. The van der Waals surface area contributed by atoms with Crippen molar-refractivity contribution in [2.24, 2.45) is 10.2 Å². The van der Waals surface area contributed by atoms with E-state index in [9.17, 15) is 19.1 Å². The molecule has 1 amide bonds. The lowest BCUT2D eigenvalue weighted by Crippen LogP contribution is -2.31. The Labute approximate surface area is 117 Å². The summed E-state index contributed by atoms with van der Waals surface area (Å²) in [6.45, 7) is 0. The van der Waals surface area contributed by atoms with Crippen LogP contribution < -0.4 is 10.4 Å². The number of carboxylic acid groups (broad SMARTS) is 1. The zero-order chi connectivity index (χ0) is 14.5. The Morgan fingerprint density at radius 3 is 2.80 bits per heavy atom. The summed E-state index contributed by atoms with van der Waals surface area (Å²) in [5, 5.41) is 19.8. The number of hydrogen-bond acceptors (Lipinski definition) is 6. The van der Waals surface area contributed by atoms with E-state index in [1.165, 1.54) is 30.5 Å². The van der Waals surface area contributed by atoms with Crippen LogP contribution in [0.4, 0.5) is 4.39 Å². The smallest absolute Gasteiger partial charge is 0.239 e. The second-order valence-electron chi connectivity index (χ2n) is 3.87. The van der Waals surface area contributed by atoms with Crippen molar-refractivity contribution < 1.29 is 19.1 Å². The predicted octanol–water partition coefficient (Wildman–Crippen LogP) is -0.113. The van der Waals surface area contributed by atoms with Crippen molar-refractivity contribution in [2.45, 2.75) is 11.7 Å². The fourth-order valence-corrected chi connectivity index (χ4v) is 2.34. The molecule has 0 radical (unpaired) electrons. The van der Waals surface area contributed by atoms with Crippen molar-refractivity contribution >= 4 is 35.0 Å². The molecule has 0 unspecified atom stereocenters. The molecule has 1 N–H and O–H groups in total. The highest BCUT2D eigenvalue weighted by atomic mass is 32.2. The molecule has 1 fully saturated rings. The third kappa shape index (κ3) is 3.89. The first-order chi connectivity index (χ1) is 9.54. The van der Waals surface area contributed by atoms with Crippen molar-refractivity contribution in [2.75, 3.05) is 0 Å². The summed E-state index contributed by atoms with van der Waals surface area (Å²) in [4.78, 5) is 21.8. The SMILES string of the molecule is O=C([O-])C[C@H]1S/C(=N/N=C\c2ccc(F)cc2)NC1=O. The quantitative estimate of drug-likeness (QED) is 0.619. The molecule has 0 saturated carbocycles. The third-order valence-corrected chi connectivity index (χ3v) is 3.43. The third-order valence-electron chi connectivity index (χ3n) is 2.35. The van der Waals surface area contributed by atoms with E-state index in [2.05, 4.69) is 15.5 Å². The maximum atomic E-state index is 12.7. The lowest BCUT2D eigenvalue weighted by atomic mass is 10.2. The molecular weight excluding hydrogens is 285 g/mol. The van der Waals surface area contributed by atoms with E-state index in [4.69, 9.17) is 0 Å². The Morgan fingerprint density at radius 1 is 1.45 bits per heavy atom. The first-order valence-electron chi connectivity index (χ1n) is 5.58. The number of nitrogens with one attached hydrogen (secondary N) is 1. The van der Waals surface area contributed by atoms with Gasteiger partial charge in [-0.2, -0.15) is 5.10 Å². The summed E-state index contributed by atoms with van der Waals surface area (Å²) in [5.74, 6) is -2.08. The zero-order valence-electron chi connectivity index (χ0n) is 10.1. The molecule has 0 aliphatic carbocycles. The Morgan fingerprint density at radius 2 is 2.15 bits per heavy atom. The van der Waals surface area contributed by atoms with Crippen molar-refractivity contribution in [3.63, 3.8) is 0 Å². The molecule has 1 aliphatic heterocycles. The first kappa shape index (κ1) is 14.2. The summed E-state index contributed by atoms with van der Waals surface area (Å²) in [6.07, 6.45) is 1.02. The Kier molecular flexibility index (Phi) is 4.46. The Bertz CT molecular complexity index is 586. The monoisotopic (exact) mass is 294 g/mol. The molecular formula is C12H9FN3O3S-. The largest absolute Gasteiger partial charge is 0.550 e. The van der Waals surface area contributed by atoms with Crippen LogP contribution in [0, 0.1) is 5.82 Å². The molecule has 1 saturated heterocycles. The summed E-state index contributed by atoms with van der Waals surface area (Å²) >= 11 is 0.979. The van der Waals surface area contributed by atoms with E-state index in [1.54, 1.807) is 0 Å². The molecule has 1 aliphatic rings. The van der Waals surface area contributed by atoms with Gasteiger partial charge in [0.25, 0.3) is 0 Å². The van der Waals surface area contributed by atoms with Crippen LogP contribution >= 0.6 is 11.8 Å². The molecule has 1 aromatic rings. The number of benzene rings is 1. The number of nitrogens with zero attached hydrogens (tertiary/aromatic N) is 2. The van der Waals surface area contributed by atoms with Crippen LogP contribution in [0.1, 0.15) is 12.0 Å².